The van der Waals surface area contributed by atoms with Gasteiger partial charge in [-0.05, 0) is 6.92 Å². The van der Waals surface area contributed by atoms with Gasteiger partial charge in [0.15, 0.2) is 5.90 Å². The van der Waals surface area contributed by atoms with Crippen LogP contribution in [0.25, 0.3) is 0 Å². The summed E-state index contributed by atoms with van der Waals surface area (Å²) in [6.45, 7) is 1.65. The van der Waals surface area contributed by atoms with Gasteiger partial charge in [-0.25, -0.2) is 0 Å². The van der Waals surface area contributed by atoms with Crippen molar-refractivity contribution in [2.75, 3.05) is 7.11 Å². The molecule has 2 N–H and O–H groups in total. The highest BCUT2D eigenvalue weighted by Gasteiger charge is 1.93. The Morgan fingerprint density at radius 3 is 2.12 bits per heavy atom. The fraction of sp³-hybridized carbons (Fsp3) is 0.600. The van der Waals surface area contributed by atoms with E-state index in [1.54, 1.807) is 6.92 Å². The maximum atomic E-state index is 6.91. The van der Waals surface area contributed by atoms with Crippen LogP contribution in [0.15, 0.2) is 0 Å². The predicted octanol–water partition coefficient (Wildman–Crippen LogP) is 1.04. The standard InChI is InChI=1S/C5H10N2O/c1-4(6)3-5(7)8-2/h6-7H,3H2,1-2H3. The molecule has 0 radical (unpaired) electrons. The van der Waals surface area contributed by atoms with E-state index in [0.717, 1.165) is 0 Å². The molecule has 0 aliphatic carbocycles. The number of methoxy groups -OCH3 is 1. The summed E-state index contributed by atoms with van der Waals surface area (Å²) in [5, 5.41) is 13.8. The van der Waals surface area contributed by atoms with Gasteiger partial charge in [-0.1, -0.05) is 0 Å². The van der Waals surface area contributed by atoms with Crippen LogP contribution in [0.3, 0.4) is 0 Å². The number of hydrogen-bond acceptors (Lipinski definition) is 3. The summed E-state index contributed by atoms with van der Waals surface area (Å²) in [6.07, 6.45) is 0.330. The van der Waals surface area contributed by atoms with Crippen LogP contribution in [0.2, 0.25) is 0 Å². The fourth-order valence-electron chi connectivity index (χ4n) is 0.313. The molecule has 0 aliphatic rings. The quantitative estimate of drug-likeness (QED) is 0.409. The molecule has 0 saturated heterocycles. The highest BCUT2D eigenvalue weighted by molar-refractivity contribution is 5.96. The van der Waals surface area contributed by atoms with E-state index in [4.69, 9.17) is 10.8 Å². The van der Waals surface area contributed by atoms with E-state index in [2.05, 4.69) is 4.74 Å². The Balaban J connectivity index is 3.40. The molecule has 0 unspecified atom stereocenters. The molecule has 3 nitrogen and oxygen atoms in total. The lowest BCUT2D eigenvalue weighted by molar-refractivity contribution is 0.392. The topological polar surface area (TPSA) is 56.9 Å². The van der Waals surface area contributed by atoms with E-state index in [0.29, 0.717) is 12.1 Å². The van der Waals surface area contributed by atoms with E-state index >= 15 is 0 Å². The van der Waals surface area contributed by atoms with Gasteiger partial charge in [0.25, 0.3) is 0 Å². The average molecular weight is 114 g/mol. The molecule has 0 heterocycles. The van der Waals surface area contributed by atoms with Crippen LogP contribution in [0.4, 0.5) is 0 Å². The summed E-state index contributed by atoms with van der Waals surface area (Å²) < 4.78 is 4.50. The summed E-state index contributed by atoms with van der Waals surface area (Å²) in [5.74, 6) is 0.150. The Labute approximate surface area is 48.7 Å². The average Bonchev–Trinajstić information content (AvgIpc) is 1.65. The fourth-order valence-corrected chi connectivity index (χ4v) is 0.313. The van der Waals surface area contributed by atoms with Crippen molar-refractivity contribution >= 4 is 11.6 Å². The number of nitrogens with one attached hydrogen (secondary N) is 2. The van der Waals surface area contributed by atoms with Gasteiger partial charge in [0.05, 0.1) is 13.5 Å². The highest BCUT2D eigenvalue weighted by atomic mass is 16.5. The van der Waals surface area contributed by atoms with Crippen molar-refractivity contribution < 1.29 is 4.74 Å². The number of rotatable bonds is 2. The SMILES string of the molecule is COC(=N)CC(C)=N. The third-order valence-corrected chi connectivity index (χ3v) is 0.672. The molecule has 0 bridgehead atoms. The summed E-state index contributed by atoms with van der Waals surface area (Å²) in [4.78, 5) is 0. The van der Waals surface area contributed by atoms with E-state index in [1.165, 1.54) is 7.11 Å². The Morgan fingerprint density at radius 1 is 1.50 bits per heavy atom. The monoisotopic (exact) mass is 114 g/mol. The molecule has 46 valence electrons. The van der Waals surface area contributed by atoms with Crippen molar-refractivity contribution in [3.05, 3.63) is 0 Å². The van der Waals surface area contributed by atoms with Crippen molar-refractivity contribution in [1.29, 1.82) is 10.8 Å². The van der Waals surface area contributed by atoms with Gasteiger partial charge in [0.1, 0.15) is 0 Å². The van der Waals surface area contributed by atoms with Gasteiger partial charge < -0.3 is 10.1 Å². The lowest BCUT2D eigenvalue weighted by Gasteiger charge is -1.97. The summed E-state index contributed by atoms with van der Waals surface area (Å²) in [7, 11) is 1.44. The Morgan fingerprint density at radius 2 is 2.00 bits per heavy atom. The number of ether oxygens (including phenoxy) is 1. The Bertz CT molecular complexity index is 109. The lowest BCUT2D eigenvalue weighted by Crippen LogP contribution is -2.03. The predicted molar refractivity (Wildman–Crippen MR) is 32.8 cm³/mol. The molecule has 0 amide bonds. The zero-order valence-electron chi connectivity index (χ0n) is 5.12. The molecule has 0 saturated carbocycles. The molecule has 0 atom stereocenters. The second kappa shape index (κ2) is 3.18. The lowest BCUT2D eigenvalue weighted by atomic mass is 10.3. The van der Waals surface area contributed by atoms with E-state index in [9.17, 15) is 0 Å². The first-order valence-corrected chi connectivity index (χ1v) is 2.32. The van der Waals surface area contributed by atoms with Gasteiger partial charge in [0.2, 0.25) is 0 Å². The minimum Gasteiger partial charge on any atom is -0.484 e. The number of hydrogen-bond donors (Lipinski definition) is 2. The van der Waals surface area contributed by atoms with Gasteiger partial charge in [-0.3, -0.25) is 5.41 Å². The van der Waals surface area contributed by atoms with Gasteiger partial charge >= 0.3 is 0 Å². The molecular weight excluding hydrogens is 104 g/mol. The molecule has 3 heteroatoms. The Hall–Kier alpha value is -0.860. The molecular formula is C5H10N2O. The van der Waals surface area contributed by atoms with Crippen LogP contribution < -0.4 is 0 Å². The maximum Gasteiger partial charge on any atom is 0.185 e. The van der Waals surface area contributed by atoms with Gasteiger partial charge in [-0.2, -0.15) is 0 Å². The highest BCUT2D eigenvalue weighted by Crippen LogP contribution is 1.84. The minimum absolute atomic E-state index is 0.150. The maximum absolute atomic E-state index is 6.91. The van der Waals surface area contributed by atoms with Gasteiger partial charge in [-0.15, -0.1) is 0 Å². The molecule has 8 heavy (non-hydrogen) atoms. The third-order valence-electron chi connectivity index (χ3n) is 0.672. The first-order valence-electron chi connectivity index (χ1n) is 2.32. The van der Waals surface area contributed by atoms with Crippen LogP contribution in [-0.4, -0.2) is 18.7 Å². The normalized spacial score (nSPS) is 8.25. The molecule has 0 aromatic carbocycles. The summed E-state index contributed by atoms with van der Waals surface area (Å²) >= 11 is 0. The molecule has 0 aromatic heterocycles. The first-order chi connectivity index (χ1) is 3.66. The van der Waals surface area contributed by atoms with Crippen LogP contribution in [0, 0.1) is 10.8 Å². The van der Waals surface area contributed by atoms with Crippen molar-refractivity contribution in [3.63, 3.8) is 0 Å². The molecule has 0 spiro atoms. The van der Waals surface area contributed by atoms with Crippen molar-refractivity contribution in [2.45, 2.75) is 13.3 Å². The second-order valence-electron chi connectivity index (χ2n) is 1.58. The molecule has 0 rings (SSSR count). The summed E-state index contributed by atoms with van der Waals surface area (Å²) in [6, 6.07) is 0. The Kier molecular flexibility index (Phi) is 2.84. The molecule has 0 aromatic rings. The first kappa shape index (κ1) is 7.14. The zero-order chi connectivity index (χ0) is 6.57. The second-order valence-corrected chi connectivity index (χ2v) is 1.58. The molecule has 0 aliphatic heterocycles. The molecule has 0 fully saturated rings. The summed E-state index contributed by atoms with van der Waals surface area (Å²) in [5.41, 5.74) is 0.455. The van der Waals surface area contributed by atoms with Crippen LogP contribution in [-0.2, 0) is 4.74 Å². The van der Waals surface area contributed by atoms with Crippen molar-refractivity contribution in [1.82, 2.24) is 0 Å². The third kappa shape index (κ3) is 3.33. The smallest absolute Gasteiger partial charge is 0.185 e. The van der Waals surface area contributed by atoms with E-state index in [1.807, 2.05) is 0 Å². The van der Waals surface area contributed by atoms with Crippen molar-refractivity contribution in [2.24, 2.45) is 0 Å². The van der Waals surface area contributed by atoms with Crippen molar-refractivity contribution in [3.8, 4) is 0 Å². The van der Waals surface area contributed by atoms with Gasteiger partial charge in [0, 0.05) is 5.71 Å². The van der Waals surface area contributed by atoms with Crippen LogP contribution in [0.5, 0.6) is 0 Å². The largest absolute Gasteiger partial charge is 0.484 e. The van der Waals surface area contributed by atoms with Crippen LogP contribution in [0.1, 0.15) is 13.3 Å². The zero-order valence-corrected chi connectivity index (χ0v) is 5.12. The minimum atomic E-state index is 0.150. The van der Waals surface area contributed by atoms with Crippen LogP contribution >= 0.6 is 0 Å². The van der Waals surface area contributed by atoms with E-state index in [-0.39, 0.29) is 5.90 Å². The van der Waals surface area contributed by atoms with E-state index < -0.39 is 0 Å².